The molecule has 1 fully saturated rings. The molecule has 1 aliphatic heterocycles. The SMILES string of the molecule is CCOc1cc2c(cc1CNC(=NC)NCCC1CC1)OC(C)C2.I. The second-order valence-corrected chi connectivity index (χ2v) is 6.72. The van der Waals surface area contributed by atoms with E-state index in [1.165, 1.54) is 24.8 Å². The molecule has 2 aliphatic rings. The topological polar surface area (TPSA) is 54.9 Å². The van der Waals surface area contributed by atoms with Gasteiger partial charge in [0.1, 0.15) is 17.6 Å². The fourth-order valence-electron chi connectivity index (χ4n) is 3.11. The Hall–Kier alpha value is -1.18. The van der Waals surface area contributed by atoms with Crippen molar-refractivity contribution in [2.75, 3.05) is 20.2 Å². The van der Waals surface area contributed by atoms with E-state index in [1.54, 1.807) is 0 Å². The van der Waals surface area contributed by atoms with Crippen LogP contribution in [0.5, 0.6) is 11.5 Å². The molecule has 1 aromatic rings. The zero-order chi connectivity index (χ0) is 16.9. The highest BCUT2D eigenvalue weighted by Crippen LogP contribution is 2.35. The van der Waals surface area contributed by atoms with Gasteiger partial charge in [0.05, 0.1) is 6.61 Å². The van der Waals surface area contributed by atoms with Gasteiger partial charge in [0.2, 0.25) is 0 Å². The van der Waals surface area contributed by atoms with E-state index in [0.717, 1.165) is 41.9 Å². The highest BCUT2D eigenvalue weighted by Gasteiger charge is 2.22. The van der Waals surface area contributed by atoms with Gasteiger partial charge in [0.15, 0.2) is 5.96 Å². The van der Waals surface area contributed by atoms with Gasteiger partial charge in [0, 0.05) is 37.7 Å². The minimum absolute atomic E-state index is 0. The average Bonchev–Trinajstić information content (AvgIpc) is 3.31. The molecule has 5 nitrogen and oxygen atoms in total. The third-order valence-corrected chi connectivity index (χ3v) is 4.59. The Morgan fingerprint density at radius 1 is 1.32 bits per heavy atom. The van der Waals surface area contributed by atoms with Gasteiger partial charge in [0.25, 0.3) is 0 Å². The first-order valence-electron chi connectivity index (χ1n) is 9.09. The first-order valence-corrected chi connectivity index (χ1v) is 9.09. The number of halogens is 1. The van der Waals surface area contributed by atoms with E-state index in [2.05, 4.69) is 34.7 Å². The van der Waals surface area contributed by atoms with E-state index < -0.39 is 0 Å². The first kappa shape index (κ1) is 20.1. The number of nitrogens with zero attached hydrogens (tertiary/aromatic N) is 1. The normalized spacial score (nSPS) is 18.8. The van der Waals surface area contributed by atoms with Crippen molar-refractivity contribution >= 4 is 29.9 Å². The molecule has 6 heteroatoms. The smallest absolute Gasteiger partial charge is 0.191 e. The summed E-state index contributed by atoms with van der Waals surface area (Å²) in [4.78, 5) is 4.30. The lowest BCUT2D eigenvalue weighted by molar-refractivity contribution is 0.254. The maximum atomic E-state index is 5.88. The van der Waals surface area contributed by atoms with Crippen LogP contribution in [-0.4, -0.2) is 32.3 Å². The van der Waals surface area contributed by atoms with Gasteiger partial charge in [-0.2, -0.15) is 0 Å². The van der Waals surface area contributed by atoms with Crippen molar-refractivity contribution in [1.82, 2.24) is 10.6 Å². The lowest BCUT2D eigenvalue weighted by atomic mass is 10.1. The lowest BCUT2D eigenvalue weighted by Gasteiger charge is -2.15. The van der Waals surface area contributed by atoms with Crippen molar-refractivity contribution in [2.45, 2.75) is 52.2 Å². The van der Waals surface area contributed by atoms with Gasteiger partial charge in [-0.1, -0.05) is 12.8 Å². The van der Waals surface area contributed by atoms with Gasteiger partial charge >= 0.3 is 0 Å². The predicted molar refractivity (Wildman–Crippen MR) is 112 cm³/mol. The average molecular weight is 459 g/mol. The van der Waals surface area contributed by atoms with E-state index >= 15 is 0 Å². The highest BCUT2D eigenvalue weighted by atomic mass is 127. The molecule has 1 heterocycles. The summed E-state index contributed by atoms with van der Waals surface area (Å²) in [5.41, 5.74) is 2.34. The Labute approximate surface area is 168 Å². The van der Waals surface area contributed by atoms with Gasteiger partial charge in [-0.3, -0.25) is 4.99 Å². The predicted octanol–water partition coefficient (Wildman–Crippen LogP) is 3.49. The highest BCUT2D eigenvalue weighted by molar-refractivity contribution is 14.0. The second-order valence-electron chi connectivity index (χ2n) is 6.72. The number of guanidine groups is 1. The quantitative estimate of drug-likeness (QED) is 0.373. The molecule has 1 aromatic carbocycles. The fourth-order valence-corrected chi connectivity index (χ4v) is 3.11. The maximum Gasteiger partial charge on any atom is 0.191 e. The Morgan fingerprint density at radius 2 is 2.12 bits per heavy atom. The molecule has 0 aromatic heterocycles. The largest absolute Gasteiger partial charge is 0.494 e. The molecule has 0 bridgehead atoms. The second kappa shape index (κ2) is 9.50. The van der Waals surface area contributed by atoms with E-state index in [1.807, 2.05) is 14.0 Å². The molecule has 1 atom stereocenters. The van der Waals surface area contributed by atoms with E-state index in [0.29, 0.717) is 13.2 Å². The van der Waals surface area contributed by atoms with Crippen molar-refractivity contribution in [2.24, 2.45) is 10.9 Å². The van der Waals surface area contributed by atoms with Crippen LogP contribution in [0.25, 0.3) is 0 Å². The number of ether oxygens (including phenoxy) is 2. The Morgan fingerprint density at radius 3 is 2.80 bits per heavy atom. The van der Waals surface area contributed by atoms with Crippen LogP contribution >= 0.6 is 24.0 Å². The van der Waals surface area contributed by atoms with E-state index in [4.69, 9.17) is 9.47 Å². The number of aliphatic imine (C=N–C) groups is 1. The van der Waals surface area contributed by atoms with Crippen molar-refractivity contribution in [3.63, 3.8) is 0 Å². The van der Waals surface area contributed by atoms with Crippen molar-refractivity contribution in [1.29, 1.82) is 0 Å². The van der Waals surface area contributed by atoms with Gasteiger partial charge < -0.3 is 20.1 Å². The third-order valence-electron chi connectivity index (χ3n) is 4.59. The van der Waals surface area contributed by atoms with Crippen LogP contribution < -0.4 is 20.1 Å². The van der Waals surface area contributed by atoms with Crippen LogP contribution in [0.4, 0.5) is 0 Å². The van der Waals surface area contributed by atoms with Crippen LogP contribution in [0, 0.1) is 5.92 Å². The van der Waals surface area contributed by atoms with Crippen LogP contribution in [-0.2, 0) is 13.0 Å². The number of hydrogen-bond acceptors (Lipinski definition) is 3. The minimum Gasteiger partial charge on any atom is -0.494 e. The van der Waals surface area contributed by atoms with Gasteiger partial charge in [-0.05, 0) is 38.3 Å². The van der Waals surface area contributed by atoms with Crippen LogP contribution in [0.1, 0.15) is 44.2 Å². The minimum atomic E-state index is 0. The fraction of sp³-hybridized carbons (Fsp3) is 0.632. The molecule has 140 valence electrons. The maximum absolute atomic E-state index is 5.88. The van der Waals surface area contributed by atoms with Crippen LogP contribution in [0.2, 0.25) is 0 Å². The number of fused-ring (bicyclic) bond motifs is 1. The number of benzene rings is 1. The zero-order valence-corrected chi connectivity index (χ0v) is 17.8. The lowest BCUT2D eigenvalue weighted by Crippen LogP contribution is -2.37. The summed E-state index contributed by atoms with van der Waals surface area (Å²) in [5, 5.41) is 6.77. The summed E-state index contributed by atoms with van der Waals surface area (Å²) in [6, 6.07) is 4.23. The molecule has 1 unspecified atom stereocenters. The molecule has 1 saturated carbocycles. The third kappa shape index (κ3) is 5.66. The summed E-state index contributed by atoms with van der Waals surface area (Å²) in [5.74, 6) is 3.69. The summed E-state index contributed by atoms with van der Waals surface area (Å²) in [6.07, 6.45) is 5.20. The summed E-state index contributed by atoms with van der Waals surface area (Å²) >= 11 is 0. The molecule has 0 spiro atoms. The molecule has 3 rings (SSSR count). The summed E-state index contributed by atoms with van der Waals surface area (Å²) < 4.78 is 11.7. The zero-order valence-electron chi connectivity index (χ0n) is 15.4. The van der Waals surface area contributed by atoms with Gasteiger partial charge in [-0.25, -0.2) is 0 Å². The van der Waals surface area contributed by atoms with Crippen molar-refractivity contribution in [3.05, 3.63) is 23.3 Å². The molecule has 0 amide bonds. The van der Waals surface area contributed by atoms with Crippen LogP contribution in [0.3, 0.4) is 0 Å². The van der Waals surface area contributed by atoms with Gasteiger partial charge in [-0.15, -0.1) is 24.0 Å². The van der Waals surface area contributed by atoms with E-state index in [9.17, 15) is 0 Å². The Balaban J connectivity index is 0.00000225. The van der Waals surface area contributed by atoms with E-state index in [-0.39, 0.29) is 30.1 Å². The molecule has 25 heavy (non-hydrogen) atoms. The number of hydrogen-bond donors (Lipinski definition) is 2. The molecule has 0 saturated heterocycles. The Bertz CT molecular complexity index is 603. The number of rotatable bonds is 7. The summed E-state index contributed by atoms with van der Waals surface area (Å²) in [6.45, 7) is 6.43. The molecular formula is C19H30IN3O2. The van der Waals surface area contributed by atoms with Crippen LogP contribution in [0.15, 0.2) is 17.1 Å². The molecule has 0 radical (unpaired) electrons. The Kier molecular flexibility index (Phi) is 7.65. The summed E-state index contributed by atoms with van der Waals surface area (Å²) in [7, 11) is 1.81. The number of nitrogens with one attached hydrogen (secondary N) is 2. The first-order chi connectivity index (χ1) is 11.7. The van der Waals surface area contributed by atoms with Crippen molar-refractivity contribution < 1.29 is 9.47 Å². The van der Waals surface area contributed by atoms with Crippen molar-refractivity contribution in [3.8, 4) is 11.5 Å². The molecule has 1 aliphatic carbocycles. The standard InChI is InChI=1S/C19H29N3O2.HI/c1-4-23-17-10-15-9-13(2)24-18(15)11-16(17)12-22-19(20-3)21-8-7-14-5-6-14;/h10-11,13-14H,4-9,12H2,1-3H3,(H2,20,21,22);1H. The molecule has 2 N–H and O–H groups in total. The monoisotopic (exact) mass is 459 g/mol. The molecular weight excluding hydrogens is 429 g/mol.